The summed E-state index contributed by atoms with van der Waals surface area (Å²) >= 11 is 0. The summed E-state index contributed by atoms with van der Waals surface area (Å²) in [5, 5.41) is 3.12. The fourth-order valence-corrected chi connectivity index (χ4v) is 1.66. The average molecular weight is 268 g/mol. The Morgan fingerprint density at radius 2 is 2.05 bits per heavy atom. The zero-order valence-electron chi connectivity index (χ0n) is 11.4. The van der Waals surface area contributed by atoms with Gasteiger partial charge in [-0.1, -0.05) is 0 Å². The molecule has 19 heavy (non-hydrogen) atoms. The molecule has 1 amide bonds. The van der Waals surface area contributed by atoms with Gasteiger partial charge in [0.05, 0.1) is 0 Å². The standard InChI is InChI=1S/C11H20N6O2/c1-11(2,5-7(12)18)16-8-4-9(17-13)15-10(14-8)6-19-3/h4H,5-6,13H2,1-3H3,(H2,12,18)(H2,14,15,16,17). The van der Waals surface area contributed by atoms with E-state index in [9.17, 15) is 4.79 Å². The Morgan fingerprint density at radius 1 is 1.42 bits per heavy atom. The zero-order chi connectivity index (χ0) is 14.5. The first-order chi connectivity index (χ1) is 8.86. The molecule has 0 saturated heterocycles. The molecular formula is C11H20N6O2. The normalized spacial score (nSPS) is 11.2. The minimum Gasteiger partial charge on any atom is -0.377 e. The highest BCUT2D eigenvalue weighted by Crippen LogP contribution is 2.18. The molecule has 0 radical (unpaired) electrons. The van der Waals surface area contributed by atoms with Gasteiger partial charge >= 0.3 is 0 Å². The molecule has 6 N–H and O–H groups in total. The van der Waals surface area contributed by atoms with Crippen LogP contribution in [-0.2, 0) is 16.1 Å². The lowest BCUT2D eigenvalue weighted by atomic mass is 10.0. The van der Waals surface area contributed by atoms with E-state index in [1.807, 2.05) is 13.8 Å². The molecule has 0 unspecified atom stereocenters. The summed E-state index contributed by atoms with van der Waals surface area (Å²) in [5.74, 6) is 6.44. The number of aromatic nitrogens is 2. The Hall–Kier alpha value is -1.93. The number of hydrogen-bond donors (Lipinski definition) is 4. The van der Waals surface area contributed by atoms with Crippen LogP contribution in [0.1, 0.15) is 26.1 Å². The lowest BCUT2D eigenvalue weighted by Crippen LogP contribution is -2.36. The number of rotatable bonds is 7. The Balaban J connectivity index is 2.92. The smallest absolute Gasteiger partial charge is 0.219 e. The van der Waals surface area contributed by atoms with Gasteiger partial charge < -0.3 is 21.2 Å². The number of nitrogens with one attached hydrogen (secondary N) is 2. The lowest BCUT2D eigenvalue weighted by Gasteiger charge is -2.25. The van der Waals surface area contributed by atoms with E-state index >= 15 is 0 Å². The monoisotopic (exact) mass is 268 g/mol. The molecule has 1 aromatic rings. The molecule has 0 saturated carbocycles. The predicted molar refractivity (Wildman–Crippen MR) is 72.1 cm³/mol. The zero-order valence-corrected chi connectivity index (χ0v) is 11.4. The van der Waals surface area contributed by atoms with Crippen molar-refractivity contribution in [3.05, 3.63) is 11.9 Å². The quantitative estimate of drug-likeness (QED) is 0.404. The Bertz CT molecular complexity index is 449. The molecule has 1 aromatic heterocycles. The lowest BCUT2D eigenvalue weighted by molar-refractivity contribution is -0.118. The summed E-state index contributed by atoms with van der Waals surface area (Å²) < 4.78 is 4.98. The van der Waals surface area contributed by atoms with Gasteiger partial charge in [-0.15, -0.1) is 0 Å². The van der Waals surface area contributed by atoms with Crippen LogP contribution in [0, 0.1) is 0 Å². The van der Waals surface area contributed by atoms with E-state index in [1.54, 1.807) is 13.2 Å². The molecule has 0 aliphatic carbocycles. The fraction of sp³-hybridized carbons (Fsp3) is 0.545. The van der Waals surface area contributed by atoms with Crippen LogP contribution in [0.4, 0.5) is 11.6 Å². The van der Waals surface area contributed by atoms with Crippen molar-refractivity contribution in [2.24, 2.45) is 11.6 Å². The number of carbonyl (C=O) groups is 1. The summed E-state index contributed by atoms with van der Waals surface area (Å²) in [7, 11) is 1.55. The largest absolute Gasteiger partial charge is 0.377 e. The van der Waals surface area contributed by atoms with Crippen molar-refractivity contribution in [2.45, 2.75) is 32.4 Å². The number of primary amides is 1. The van der Waals surface area contributed by atoms with E-state index in [2.05, 4.69) is 20.7 Å². The van der Waals surface area contributed by atoms with Crippen molar-refractivity contribution in [3.63, 3.8) is 0 Å². The highest BCUT2D eigenvalue weighted by molar-refractivity contribution is 5.75. The van der Waals surface area contributed by atoms with Gasteiger partial charge in [-0.25, -0.2) is 15.8 Å². The van der Waals surface area contributed by atoms with Crippen molar-refractivity contribution in [1.29, 1.82) is 0 Å². The SMILES string of the molecule is COCc1nc(NN)cc(NC(C)(C)CC(N)=O)n1. The Kier molecular flexibility index (Phi) is 5.02. The molecule has 8 heteroatoms. The van der Waals surface area contributed by atoms with Gasteiger partial charge in [0.25, 0.3) is 0 Å². The summed E-state index contributed by atoms with van der Waals surface area (Å²) in [6.07, 6.45) is 0.183. The van der Waals surface area contributed by atoms with Gasteiger partial charge in [-0.2, -0.15) is 0 Å². The molecule has 0 bridgehead atoms. The van der Waals surface area contributed by atoms with Gasteiger partial charge in [-0.3, -0.25) is 4.79 Å². The molecule has 0 atom stereocenters. The molecule has 0 aliphatic rings. The molecule has 106 valence electrons. The number of amides is 1. The van der Waals surface area contributed by atoms with E-state index in [0.717, 1.165) is 0 Å². The van der Waals surface area contributed by atoms with Gasteiger partial charge in [0.1, 0.15) is 18.2 Å². The topological polar surface area (TPSA) is 128 Å². The summed E-state index contributed by atoms with van der Waals surface area (Å²) in [6.45, 7) is 3.97. The summed E-state index contributed by atoms with van der Waals surface area (Å²) in [4.78, 5) is 19.4. The fourth-order valence-electron chi connectivity index (χ4n) is 1.66. The Morgan fingerprint density at radius 3 is 2.58 bits per heavy atom. The third-order valence-corrected chi connectivity index (χ3v) is 2.28. The number of ether oxygens (including phenoxy) is 1. The summed E-state index contributed by atoms with van der Waals surface area (Å²) in [6, 6.07) is 1.64. The second-order valence-electron chi connectivity index (χ2n) is 4.78. The molecule has 0 aliphatic heterocycles. The van der Waals surface area contributed by atoms with Crippen molar-refractivity contribution in [2.75, 3.05) is 17.9 Å². The molecule has 0 fully saturated rings. The van der Waals surface area contributed by atoms with E-state index < -0.39 is 5.54 Å². The van der Waals surface area contributed by atoms with E-state index in [0.29, 0.717) is 17.5 Å². The average Bonchev–Trinajstić information content (AvgIpc) is 2.26. The van der Waals surface area contributed by atoms with Crippen molar-refractivity contribution in [1.82, 2.24) is 9.97 Å². The minimum atomic E-state index is -0.517. The van der Waals surface area contributed by atoms with Crippen LogP contribution >= 0.6 is 0 Å². The maximum atomic E-state index is 11.0. The van der Waals surface area contributed by atoms with E-state index in [4.69, 9.17) is 16.3 Å². The molecule has 1 heterocycles. The first-order valence-corrected chi connectivity index (χ1v) is 5.76. The molecular weight excluding hydrogens is 248 g/mol. The van der Waals surface area contributed by atoms with E-state index in [-0.39, 0.29) is 18.9 Å². The van der Waals surface area contributed by atoms with Gasteiger partial charge in [0.15, 0.2) is 5.82 Å². The molecule has 0 spiro atoms. The second kappa shape index (κ2) is 6.30. The number of anilines is 2. The van der Waals surface area contributed by atoms with Gasteiger partial charge in [-0.05, 0) is 13.8 Å². The highest BCUT2D eigenvalue weighted by Gasteiger charge is 2.21. The van der Waals surface area contributed by atoms with Crippen LogP contribution in [0.25, 0.3) is 0 Å². The number of methoxy groups -OCH3 is 1. The van der Waals surface area contributed by atoms with E-state index in [1.165, 1.54) is 0 Å². The Labute approximate surface area is 111 Å². The number of hydrazine groups is 1. The molecule has 8 nitrogen and oxygen atoms in total. The third-order valence-electron chi connectivity index (χ3n) is 2.28. The van der Waals surface area contributed by atoms with Crippen LogP contribution in [0.5, 0.6) is 0 Å². The van der Waals surface area contributed by atoms with Crippen LogP contribution in [0.3, 0.4) is 0 Å². The second-order valence-corrected chi connectivity index (χ2v) is 4.78. The van der Waals surface area contributed by atoms with Gasteiger partial charge in [0, 0.05) is 25.1 Å². The van der Waals surface area contributed by atoms with Gasteiger partial charge in [0.2, 0.25) is 5.91 Å². The van der Waals surface area contributed by atoms with Crippen LogP contribution in [-0.4, -0.2) is 28.5 Å². The van der Waals surface area contributed by atoms with Crippen molar-refractivity contribution < 1.29 is 9.53 Å². The van der Waals surface area contributed by atoms with Crippen molar-refractivity contribution in [3.8, 4) is 0 Å². The minimum absolute atomic E-state index is 0.183. The number of carbonyl (C=O) groups excluding carboxylic acids is 1. The third kappa shape index (κ3) is 5.06. The number of hydrogen-bond acceptors (Lipinski definition) is 7. The number of nitrogen functional groups attached to an aromatic ring is 1. The maximum Gasteiger partial charge on any atom is 0.219 e. The van der Waals surface area contributed by atoms with Crippen LogP contribution in [0.2, 0.25) is 0 Å². The highest BCUT2D eigenvalue weighted by atomic mass is 16.5. The summed E-state index contributed by atoms with van der Waals surface area (Å²) in [5.41, 5.74) is 7.14. The first-order valence-electron chi connectivity index (χ1n) is 5.76. The molecule has 0 aromatic carbocycles. The number of nitrogens with two attached hydrogens (primary N) is 2. The maximum absolute atomic E-state index is 11.0. The number of nitrogens with zero attached hydrogens (tertiary/aromatic N) is 2. The molecule has 1 rings (SSSR count). The van der Waals surface area contributed by atoms with Crippen molar-refractivity contribution >= 4 is 17.5 Å². The van der Waals surface area contributed by atoms with Crippen LogP contribution < -0.4 is 22.3 Å². The predicted octanol–water partition coefficient (Wildman–Crippen LogP) is -0.0255. The first kappa shape index (κ1) is 15.1. The van der Waals surface area contributed by atoms with Crippen LogP contribution in [0.15, 0.2) is 6.07 Å².